The number of carbonyl (C=O) groups excluding carboxylic acids is 3. The van der Waals surface area contributed by atoms with Crippen molar-refractivity contribution in [3.8, 4) is 0 Å². The van der Waals surface area contributed by atoms with Crippen LogP contribution in [-0.4, -0.2) is 100 Å². The van der Waals surface area contributed by atoms with Crippen LogP contribution < -0.4 is 5.32 Å². The number of esters is 1. The summed E-state index contributed by atoms with van der Waals surface area (Å²) >= 11 is 0. The van der Waals surface area contributed by atoms with Crippen LogP contribution >= 0.6 is 0 Å². The van der Waals surface area contributed by atoms with Crippen LogP contribution in [0.1, 0.15) is 37.9 Å². The number of nitrogens with one attached hydrogen (secondary N) is 1. The molecule has 37 heavy (non-hydrogen) atoms. The van der Waals surface area contributed by atoms with Gasteiger partial charge in [-0.3, -0.25) is 24.2 Å². The Bertz CT molecular complexity index is 1160. The number of carbonyl (C=O) groups is 3. The molecule has 3 aliphatic heterocycles. The zero-order chi connectivity index (χ0) is 26.1. The molecule has 0 spiro atoms. The number of aromatic nitrogens is 2. The minimum Gasteiger partial charge on any atom is -0.469 e. The molecule has 4 heterocycles. The molecule has 200 valence electrons. The van der Waals surface area contributed by atoms with Crippen LogP contribution in [-0.2, 0) is 32.7 Å². The third kappa shape index (κ3) is 5.09. The lowest BCUT2D eigenvalue weighted by atomic mass is 9.96. The van der Waals surface area contributed by atoms with Crippen LogP contribution in [0.3, 0.4) is 0 Å². The topological polar surface area (TPSA) is 100 Å². The van der Waals surface area contributed by atoms with Crippen molar-refractivity contribution in [1.82, 2.24) is 29.6 Å². The second kappa shape index (κ2) is 10.8. The normalized spacial score (nSPS) is 25.6. The first-order valence-corrected chi connectivity index (χ1v) is 13.4. The third-order valence-electron chi connectivity index (χ3n) is 8.65. The molecule has 2 amide bonds. The molecule has 1 aromatic carbocycles. The summed E-state index contributed by atoms with van der Waals surface area (Å²) in [6, 6.07) is 8.07. The Morgan fingerprint density at radius 2 is 1.86 bits per heavy atom. The monoisotopic (exact) mass is 510 g/mol. The molecule has 0 saturated carbocycles. The molecule has 3 fully saturated rings. The zero-order valence-corrected chi connectivity index (χ0v) is 22.1. The van der Waals surface area contributed by atoms with E-state index in [2.05, 4.69) is 32.8 Å². The van der Waals surface area contributed by atoms with Gasteiger partial charge >= 0.3 is 5.97 Å². The van der Waals surface area contributed by atoms with Crippen molar-refractivity contribution in [2.45, 2.75) is 56.8 Å². The number of benzene rings is 1. The van der Waals surface area contributed by atoms with E-state index in [1.807, 2.05) is 30.1 Å². The average molecular weight is 511 g/mol. The summed E-state index contributed by atoms with van der Waals surface area (Å²) in [7, 11) is 5.53. The van der Waals surface area contributed by atoms with Crippen LogP contribution in [0.4, 0.5) is 0 Å². The van der Waals surface area contributed by atoms with Gasteiger partial charge in [0.05, 0.1) is 30.6 Å². The van der Waals surface area contributed by atoms with E-state index in [4.69, 9.17) is 9.72 Å². The number of methoxy groups -OCH3 is 1. The lowest BCUT2D eigenvalue weighted by molar-refractivity contribution is -0.149. The average Bonchev–Trinajstić information content (AvgIpc) is 3.45. The van der Waals surface area contributed by atoms with E-state index < -0.39 is 0 Å². The van der Waals surface area contributed by atoms with Gasteiger partial charge in [0.25, 0.3) is 0 Å². The van der Waals surface area contributed by atoms with Gasteiger partial charge in [-0.05, 0) is 44.9 Å². The quantitative estimate of drug-likeness (QED) is 0.582. The first-order chi connectivity index (χ1) is 17.9. The van der Waals surface area contributed by atoms with Crippen LogP contribution in [0.15, 0.2) is 24.3 Å². The second-order valence-electron chi connectivity index (χ2n) is 10.6. The van der Waals surface area contributed by atoms with Crippen molar-refractivity contribution in [3.05, 3.63) is 30.1 Å². The number of fused-ring (bicyclic) bond motifs is 2. The summed E-state index contributed by atoms with van der Waals surface area (Å²) < 4.78 is 6.96. The largest absolute Gasteiger partial charge is 0.469 e. The van der Waals surface area contributed by atoms with Crippen molar-refractivity contribution >= 4 is 28.8 Å². The number of rotatable bonds is 6. The highest BCUT2D eigenvalue weighted by molar-refractivity contribution is 5.83. The van der Waals surface area contributed by atoms with Crippen LogP contribution in [0.2, 0.25) is 0 Å². The number of hydrogen-bond acceptors (Lipinski definition) is 7. The van der Waals surface area contributed by atoms with Gasteiger partial charge in [-0.25, -0.2) is 4.98 Å². The Morgan fingerprint density at radius 3 is 2.59 bits per heavy atom. The third-order valence-corrected chi connectivity index (χ3v) is 8.65. The molecule has 1 aromatic heterocycles. The van der Waals surface area contributed by atoms with Crippen molar-refractivity contribution in [2.24, 2.45) is 13.0 Å². The van der Waals surface area contributed by atoms with Gasteiger partial charge in [0.2, 0.25) is 11.8 Å². The van der Waals surface area contributed by atoms with Gasteiger partial charge in [0.1, 0.15) is 11.9 Å². The first kappa shape index (κ1) is 25.7. The number of likely N-dealkylation sites (N-methyl/N-ethyl adjacent to an activating group) is 1. The van der Waals surface area contributed by atoms with Gasteiger partial charge in [-0.15, -0.1) is 0 Å². The molecule has 0 radical (unpaired) electrons. The van der Waals surface area contributed by atoms with Gasteiger partial charge < -0.3 is 19.5 Å². The maximum Gasteiger partial charge on any atom is 0.308 e. The van der Waals surface area contributed by atoms with E-state index in [-0.39, 0.29) is 41.8 Å². The molecule has 2 aromatic rings. The zero-order valence-electron chi connectivity index (χ0n) is 22.1. The summed E-state index contributed by atoms with van der Waals surface area (Å²) in [5.74, 6) is 0.855. The molecule has 0 unspecified atom stereocenters. The Labute approximate surface area is 217 Å². The Morgan fingerprint density at radius 1 is 1.11 bits per heavy atom. The van der Waals surface area contributed by atoms with E-state index in [9.17, 15) is 14.4 Å². The maximum absolute atomic E-state index is 13.2. The number of piperidine rings is 1. The molecule has 5 rings (SSSR count). The molecule has 10 nitrogen and oxygen atoms in total. The number of imidazole rings is 1. The molecule has 3 aliphatic rings. The predicted molar refractivity (Wildman–Crippen MR) is 138 cm³/mol. The van der Waals surface area contributed by atoms with Crippen molar-refractivity contribution in [1.29, 1.82) is 0 Å². The Balaban J connectivity index is 1.19. The first-order valence-electron chi connectivity index (χ1n) is 13.4. The number of likely N-dealkylation sites (tertiary alicyclic amines) is 2. The molecule has 0 aliphatic carbocycles. The minimum absolute atomic E-state index is 0.0619. The fourth-order valence-electron chi connectivity index (χ4n) is 6.32. The Kier molecular flexibility index (Phi) is 7.48. The number of hydrogen-bond donors (Lipinski definition) is 1. The summed E-state index contributed by atoms with van der Waals surface area (Å²) in [6.07, 6.45) is 3.35. The Hall–Kier alpha value is -2.98. The molecule has 3 atom stereocenters. The van der Waals surface area contributed by atoms with Crippen LogP contribution in [0, 0.1) is 5.92 Å². The van der Waals surface area contributed by atoms with Gasteiger partial charge in [0.15, 0.2) is 0 Å². The number of para-hydroxylation sites is 2. The number of ether oxygens (including phenoxy) is 1. The van der Waals surface area contributed by atoms with Crippen LogP contribution in [0.5, 0.6) is 0 Å². The second-order valence-corrected chi connectivity index (χ2v) is 10.6. The molecule has 10 heteroatoms. The fourth-order valence-corrected chi connectivity index (χ4v) is 6.32. The van der Waals surface area contributed by atoms with E-state index >= 15 is 0 Å². The highest BCUT2D eigenvalue weighted by Gasteiger charge is 2.45. The fraction of sp³-hybridized carbons (Fsp3) is 0.630. The lowest BCUT2D eigenvalue weighted by Gasteiger charge is -2.34. The van der Waals surface area contributed by atoms with Crippen LogP contribution in [0.25, 0.3) is 11.0 Å². The smallest absolute Gasteiger partial charge is 0.308 e. The van der Waals surface area contributed by atoms with Crippen molar-refractivity contribution in [2.75, 3.05) is 40.3 Å². The summed E-state index contributed by atoms with van der Waals surface area (Å²) in [5, 5.41) is 3.16. The van der Waals surface area contributed by atoms with E-state index in [0.29, 0.717) is 51.9 Å². The molecule has 0 bridgehead atoms. The van der Waals surface area contributed by atoms with Gasteiger partial charge in [-0.2, -0.15) is 0 Å². The minimum atomic E-state index is -0.233. The summed E-state index contributed by atoms with van der Waals surface area (Å²) in [4.78, 5) is 49.2. The molecule has 1 N–H and O–H groups in total. The highest BCUT2D eigenvalue weighted by Crippen LogP contribution is 2.29. The lowest BCUT2D eigenvalue weighted by Crippen LogP contribution is -2.49. The van der Waals surface area contributed by atoms with Crippen molar-refractivity contribution < 1.29 is 19.1 Å². The predicted octanol–water partition coefficient (Wildman–Crippen LogP) is 1.14. The highest BCUT2D eigenvalue weighted by atomic mass is 16.5. The summed E-state index contributed by atoms with van der Waals surface area (Å²) in [6.45, 7) is 3.19. The SMILES string of the molecule is COC(=O)C1CCN(C(=O)CC[C@H]2CNC(=O)[C@@H]3[C@H](CCN3Cc3nc4ccccc4n3C)N2C)CC1. The number of amides is 2. The standard InChI is InChI=1S/C27H38N6O4/c1-30-19(8-9-24(34)32-13-10-18(11-14-32)27(36)37-3)16-28-26(35)25-22(30)12-15-33(25)17-23-29-20-6-4-5-7-21(20)31(23)2/h4-7,18-19,22,25H,8-17H2,1-3H3,(H,28,35)/t19-,22-,25-/m0/s1. The number of nitrogens with zero attached hydrogens (tertiary/aromatic N) is 5. The maximum atomic E-state index is 13.2. The van der Waals surface area contributed by atoms with Crippen molar-refractivity contribution in [3.63, 3.8) is 0 Å². The van der Waals surface area contributed by atoms with Gasteiger partial charge in [-0.1, -0.05) is 12.1 Å². The van der Waals surface area contributed by atoms with Gasteiger partial charge in [0, 0.05) is 51.7 Å². The molecular formula is C27H38N6O4. The molecular weight excluding hydrogens is 472 g/mol. The van der Waals surface area contributed by atoms with E-state index in [1.165, 1.54) is 7.11 Å². The molecule has 3 saturated heterocycles. The summed E-state index contributed by atoms with van der Waals surface area (Å²) in [5.41, 5.74) is 2.06. The van der Waals surface area contributed by atoms with E-state index in [0.717, 1.165) is 29.8 Å². The number of aryl methyl sites for hydroxylation is 1. The van der Waals surface area contributed by atoms with E-state index in [1.54, 1.807) is 0 Å².